The van der Waals surface area contributed by atoms with E-state index in [1.54, 1.807) is 23.1 Å². The van der Waals surface area contributed by atoms with Crippen LogP contribution in [0.25, 0.3) is 0 Å². The average Bonchev–Trinajstić information content (AvgIpc) is 2.99. The number of carbonyl (C=O) groups is 1. The Balaban J connectivity index is 1.53. The van der Waals surface area contributed by atoms with Crippen molar-refractivity contribution in [2.24, 2.45) is 0 Å². The van der Waals surface area contributed by atoms with Gasteiger partial charge >= 0.3 is 6.03 Å². The molecule has 0 spiro atoms. The zero-order chi connectivity index (χ0) is 15.4. The molecule has 0 saturated carbocycles. The van der Waals surface area contributed by atoms with Crippen LogP contribution in [0.4, 0.5) is 10.5 Å². The molecule has 1 fully saturated rings. The number of carbonyl (C=O) groups excluding carboxylic acids is 1. The second kappa shape index (κ2) is 6.62. The number of nitrogens with zero attached hydrogens (tertiary/aromatic N) is 3. The van der Waals surface area contributed by atoms with Gasteiger partial charge in [-0.2, -0.15) is 10.2 Å². The smallest absolute Gasteiger partial charge is 0.322 e. The molecule has 0 radical (unpaired) electrons. The topological polar surface area (TPSA) is 67.4 Å². The third kappa shape index (κ3) is 3.65. The Kier molecular flexibility index (Phi) is 4.39. The fraction of sp³-hybridized carbons (Fsp3) is 0.267. The molecule has 6 nitrogen and oxygen atoms in total. The minimum absolute atomic E-state index is 0.0116. The molecule has 0 unspecified atom stereocenters. The van der Waals surface area contributed by atoms with Gasteiger partial charge in [-0.25, -0.2) is 4.79 Å². The molecule has 114 valence electrons. The van der Waals surface area contributed by atoms with Crippen LogP contribution in [0.3, 0.4) is 0 Å². The number of anilines is 1. The van der Waals surface area contributed by atoms with Gasteiger partial charge in [-0.1, -0.05) is 11.6 Å². The standard InChI is InChI=1S/C15H15ClN4O2/c16-11-1-3-13(4-2-11)22-14-6-8-20(10-14)15(21)19-12-5-7-17-18-9-12/h1-5,7,9,14H,6,8,10H2,(H,17,19,21)/t14-/m1/s1. The molecular weight excluding hydrogens is 304 g/mol. The molecule has 7 heteroatoms. The van der Waals surface area contributed by atoms with E-state index in [1.165, 1.54) is 12.4 Å². The van der Waals surface area contributed by atoms with Crippen LogP contribution in [0, 0.1) is 0 Å². The maximum Gasteiger partial charge on any atom is 0.322 e. The molecular formula is C15H15ClN4O2. The van der Waals surface area contributed by atoms with E-state index >= 15 is 0 Å². The molecule has 1 saturated heterocycles. The number of benzene rings is 1. The molecule has 2 amide bonds. The Hall–Kier alpha value is -2.34. The molecule has 2 aromatic rings. The van der Waals surface area contributed by atoms with Gasteiger partial charge in [0.1, 0.15) is 11.9 Å². The number of hydrogen-bond donors (Lipinski definition) is 1. The Morgan fingerprint density at radius 1 is 1.27 bits per heavy atom. The van der Waals surface area contributed by atoms with Gasteiger partial charge in [-0.15, -0.1) is 0 Å². The van der Waals surface area contributed by atoms with Crippen LogP contribution in [0.1, 0.15) is 6.42 Å². The number of rotatable bonds is 3. The summed E-state index contributed by atoms with van der Waals surface area (Å²) in [5.41, 5.74) is 0.627. The number of nitrogens with one attached hydrogen (secondary N) is 1. The number of hydrogen-bond acceptors (Lipinski definition) is 4. The van der Waals surface area contributed by atoms with E-state index in [2.05, 4.69) is 15.5 Å². The van der Waals surface area contributed by atoms with Crippen LogP contribution in [0.2, 0.25) is 5.02 Å². The Morgan fingerprint density at radius 2 is 2.09 bits per heavy atom. The summed E-state index contributed by atoms with van der Waals surface area (Å²) in [6.07, 6.45) is 3.83. The Morgan fingerprint density at radius 3 is 2.82 bits per heavy atom. The number of aromatic nitrogens is 2. The molecule has 0 aliphatic carbocycles. The maximum atomic E-state index is 12.2. The van der Waals surface area contributed by atoms with Gasteiger partial charge in [0.2, 0.25) is 0 Å². The number of amides is 2. The minimum Gasteiger partial charge on any atom is -0.489 e. The van der Waals surface area contributed by atoms with Gasteiger partial charge in [0.05, 0.1) is 24.6 Å². The summed E-state index contributed by atoms with van der Waals surface area (Å²) in [6.45, 7) is 1.20. The van der Waals surface area contributed by atoms with Crippen LogP contribution in [0.5, 0.6) is 5.75 Å². The number of ether oxygens (including phenoxy) is 1. The maximum absolute atomic E-state index is 12.2. The lowest BCUT2D eigenvalue weighted by Crippen LogP contribution is -2.34. The van der Waals surface area contributed by atoms with E-state index in [0.717, 1.165) is 12.2 Å². The molecule has 1 atom stereocenters. The summed E-state index contributed by atoms with van der Waals surface area (Å²) < 4.78 is 5.86. The molecule has 2 heterocycles. The molecule has 0 bridgehead atoms. The van der Waals surface area contributed by atoms with Crippen molar-refractivity contribution in [2.45, 2.75) is 12.5 Å². The third-order valence-electron chi connectivity index (χ3n) is 3.38. The van der Waals surface area contributed by atoms with E-state index in [4.69, 9.17) is 16.3 Å². The van der Waals surface area contributed by atoms with E-state index in [0.29, 0.717) is 23.8 Å². The average molecular weight is 319 g/mol. The number of urea groups is 1. The van der Waals surface area contributed by atoms with Crippen molar-refractivity contribution < 1.29 is 9.53 Å². The van der Waals surface area contributed by atoms with E-state index in [1.807, 2.05) is 12.1 Å². The van der Waals surface area contributed by atoms with Crippen molar-refractivity contribution in [3.8, 4) is 5.75 Å². The summed E-state index contributed by atoms with van der Waals surface area (Å²) in [5.74, 6) is 0.759. The van der Waals surface area contributed by atoms with Gasteiger partial charge in [0.15, 0.2) is 0 Å². The van der Waals surface area contributed by atoms with Crippen LogP contribution in [-0.2, 0) is 0 Å². The van der Waals surface area contributed by atoms with Crippen molar-refractivity contribution in [3.63, 3.8) is 0 Å². The summed E-state index contributed by atoms with van der Waals surface area (Å²) in [5, 5.41) is 10.9. The summed E-state index contributed by atoms with van der Waals surface area (Å²) >= 11 is 5.84. The number of likely N-dealkylation sites (tertiary alicyclic amines) is 1. The minimum atomic E-state index is -0.157. The molecule has 1 aliphatic heterocycles. The predicted molar refractivity (Wildman–Crippen MR) is 83.1 cm³/mol. The molecule has 1 aliphatic rings. The van der Waals surface area contributed by atoms with Gasteiger partial charge in [0, 0.05) is 18.0 Å². The highest BCUT2D eigenvalue weighted by molar-refractivity contribution is 6.30. The fourth-order valence-electron chi connectivity index (χ4n) is 2.28. The normalized spacial score (nSPS) is 17.3. The first-order chi connectivity index (χ1) is 10.7. The van der Waals surface area contributed by atoms with Crippen molar-refractivity contribution in [2.75, 3.05) is 18.4 Å². The lowest BCUT2D eigenvalue weighted by Gasteiger charge is -2.17. The van der Waals surface area contributed by atoms with Crippen LogP contribution in [0.15, 0.2) is 42.7 Å². The van der Waals surface area contributed by atoms with Crippen molar-refractivity contribution in [1.82, 2.24) is 15.1 Å². The summed E-state index contributed by atoms with van der Waals surface area (Å²) in [7, 11) is 0. The largest absolute Gasteiger partial charge is 0.489 e. The first-order valence-corrected chi connectivity index (χ1v) is 7.33. The quantitative estimate of drug-likeness (QED) is 0.945. The highest BCUT2D eigenvalue weighted by Gasteiger charge is 2.27. The molecule has 1 N–H and O–H groups in total. The third-order valence-corrected chi connectivity index (χ3v) is 3.64. The van der Waals surface area contributed by atoms with E-state index in [9.17, 15) is 4.79 Å². The predicted octanol–water partition coefficient (Wildman–Crippen LogP) is 2.82. The van der Waals surface area contributed by atoms with Crippen molar-refractivity contribution >= 4 is 23.3 Å². The molecule has 22 heavy (non-hydrogen) atoms. The highest BCUT2D eigenvalue weighted by Crippen LogP contribution is 2.21. The van der Waals surface area contributed by atoms with Gasteiger partial charge in [0.25, 0.3) is 0 Å². The van der Waals surface area contributed by atoms with Gasteiger partial charge in [-0.3, -0.25) is 0 Å². The van der Waals surface area contributed by atoms with Crippen molar-refractivity contribution in [3.05, 3.63) is 47.7 Å². The van der Waals surface area contributed by atoms with Gasteiger partial charge < -0.3 is 15.0 Å². The molecule has 3 rings (SSSR count). The zero-order valence-corrected chi connectivity index (χ0v) is 12.5. The van der Waals surface area contributed by atoms with Crippen molar-refractivity contribution in [1.29, 1.82) is 0 Å². The fourth-order valence-corrected chi connectivity index (χ4v) is 2.41. The van der Waals surface area contributed by atoms with E-state index < -0.39 is 0 Å². The lowest BCUT2D eigenvalue weighted by atomic mass is 10.3. The second-order valence-electron chi connectivity index (χ2n) is 4.99. The van der Waals surface area contributed by atoms with E-state index in [-0.39, 0.29) is 12.1 Å². The van der Waals surface area contributed by atoms with Gasteiger partial charge in [-0.05, 0) is 30.3 Å². The molecule has 1 aromatic carbocycles. The van der Waals surface area contributed by atoms with Crippen LogP contribution < -0.4 is 10.1 Å². The summed E-state index contributed by atoms with van der Waals surface area (Å²) in [4.78, 5) is 13.9. The van der Waals surface area contributed by atoms with Crippen LogP contribution >= 0.6 is 11.6 Å². The first kappa shape index (κ1) is 14.6. The lowest BCUT2D eigenvalue weighted by molar-refractivity contribution is 0.195. The molecule has 1 aromatic heterocycles. The van der Waals surface area contributed by atoms with Crippen LogP contribution in [-0.4, -0.2) is 40.3 Å². The Bertz CT molecular complexity index is 636. The monoisotopic (exact) mass is 318 g/mol. The Labute approximate surface area is 133 Å². The highest BCUT2D eigenvalue weighted by atomic mass is 35.5. The number of halogens is 1. The zero-order valence-electron chi connectivity index (χ0n) is 11.8. The summed E-state index contributed by atoms with van der Waals surface area (Å²) in [6, 6.07) is 8.76. The second-order valence-corrected chi connectivity index (χ2v) is 5.43. The SMILES string of the molecule is O=C(Nc1ccnnc1)N1CC[C@@H](Oc2ccc(Cl)cc2)C1. The first-order valence-electron chi connectivity index (χ1n) is 6.95.